The summed E-state index contributed by atoms with van der Waals surface area (Å²) in [5, 5.41) is 23.0. The van der Waals surface area contributed by atoms with Gasteiger partial charge < -0.3 is 9.67 Å². The summed E-state index contributed by atoms with van der Waals surface area (Å²) in [4.78, 5) is 27.6. The number of Topliss-reactive ketones (excluding diaryl/α,β-unsaturated/α-hetero) is 1. The van der Waals surface area contributed by atoms with Crippen LogP contribution in [0.4, 0.5) is 0 Å². The van der Waals surface area contributed by atoms with E-state index in [0.29, 0.717) is 16.6 Å². The third kappa shape index (κ3) is 2.79. The van der Waals surface area contributed by atoms with E-state index in [9.17, 15) is 14.7 Å². The molecule has 0 unspecified atom stereocenters. The third-order valence-corrected chi connectivity index (χ3v) is 4.61. The molecule has 0 amide bonds. The van der Waals surface area contributed by atoms with Gasteiger partial charge in [0.25, 0.3) is 0 Å². The van der Waals surface area contributed by atoms with Gasteiger partial charge in [-0.15, -0.1) is 0 Å². The highest BCUT2D eigenvalue weighted by Crippen LogP contribution is 2.31. The zero-order valence-corrected chi connectivity index (χ0v) is 15.2. The minimum Gasteiger partial charge on any atom is -0.480 e. The topological polar surface area (TPSA) is 113 Å². The molecule has 4 aromatic rings. The predicted molar refractivity (Wildman–Crippen MR) is 101 cm³/mol. The van der Waals surface area contributed by atoms with E-state index in [-0.39, 0.29) is 18.0 Å². The lowest BCUT2D eigenvalue weighted by molar-refractivity contribution is -0.137. The van der Waals surface area contributed by atoms with Gasteiger partial charge in [0.05, 0.1) is 5.52 Å². The van der Waals surface area contributed by atoms with Crippen molar-refractivity contribution in [1.29, 1.82) is 5.26 Å². The Morgan fingerprint density at radius 1 is 1.21 bits per heavy atom. The molecular weight excluding hydrogens is 358 g/mol. The van der Waals surface area contributed by atoms with E-state index in [4.69, 9.17) is 5.26 Å². The minimum absolute atomic E-state index is 0.134. The van der Waals surface area contributed by atoms with E-state index in [2.05, 4.69) is 10.1 Å². The van der Waals surface area contributed by atoms with Gasteiger partial charge in [0.15, 0.2) is 17.1 Å². The lowest BCUT2D eigenvalue weighted by Crippen LogP contribution is -2.08. The average Bonchev–Trinajstić information content (AvgIpc) is 3.22. The fourth-order valence-electron chi connectivity index (χ4n) is 3.45. The van der Waals surface area contributed by atoms with E-state index >= 15 is 0 Å². The zero-order chi connectivity index (χ0) is 20.0. The van der Waals surface area contributed by atoms with E-state index in [0.717, 1.165) is 22.2 Å². The van der Waals surface area contributed by atoms with Crippen molar-refractivity contribution in [2.45, 2.75) is 20.4 Å². The third-order valence-electron chi connectivity index (χ3n) is 4.61. The van der Waals surface area contributed by atoms with Crippen molar-refractivity contribution in [2.75, 3.05) is 0 Å². The van der Waals surface area contributed by atoms with Gasteiger partial charge in [0.2, 0.25) is 0 Å². The Morgan fingerprint density at radius 2 is 2.00 bits per heavy atom. The van der Waals surface area contributed by atoms with Crippen LogP contribution in [0.3, 0.4) is 0 Å². The molecule has 138 valence electrons. The Labute approximate surface area is 159 Å². The van der Waals surface area contributed by atoms with Gasteiger partial charge in [-0.05, 0) is 37.1 Å². The number of nitrogens with zero attached hydrogens (tertiary/aromatic N) is 5. The molecule has 0 spiro atoms. The van der Waals surface area contributed by atoms with Crippen molar-refractivity contribution in [1.82, 2.24) is 19.2 Å². The Balaban J connectivity index is 1.93. The van der Waals surface area contributed by atoms with E-state index in [1.807, 2.05) is 25.1 Å². The number of carboxylic acid groups (broad SMARTS) is 1. The first-order valence-electron chi connectivity index (χ1n) is 8.49. The molecule has 3 aromatic heterocycles. The molecule has 0 fully saturated rings. The van der Waals surface area contributed by atoms with Crippen LogP contribution in [0.5, 0.6) is 0 Å². The number of carbonyl (C=O) groups is 2. The summed E-state index contributed by atoms with van der Waals surface area (Å²) in [6.07, 6.45) is 5.04. The molecule has 28 heavy (non-hydrogen) atoms. The van der Waals surface area contributed by atoms with Crippen LogP contribution in [0.2, 0.25) is 0 Å². The molecule has 0 aliphatic rings. The maximum Gasteiger partial charge on any atom is 0.323 e. The van der Waals surface area contributed by atoms with E-state index in [1.54, 1.807) is 29.2 Å². The number of aliphatic carboxylic acids is 1. The molecule has 3 heterocycles. The number of hydrogen-bond acceptors (Lipinski definition) is 5. The first-order chi connectivity index (χ1) is 13.4. The number of carboxylic acids is 1. The highest BCUT2D eigenvalue weighted by molar-refractivity contribution is 6.08. The van der Waals surface area contributed by atoms with E-state index < -0.39 is 5.97 Å². The van der Waals surface area contributed by atoms with Gasteiger partial charge in [0.1, 0.15) is 12.6 Å². The van der Waals surface area contributed by atoms with Crippen molar-refractivity contribution >= 4 is 28.3 Å². The Hall–Kier alpha value is -3.99. The van der Waals surface area contributed by atoms with Gasteiger partial charge in [-0.2, -0.15) is 10.4 Å². The van der Waals surface area contributed by atoms with E-state index in [1.165, 1.54) is 11.4 Å². The molecule has 1 aromatic carbocycles. The van der Waals surface area contributed by atoms with Gasteiger partial charge >= 0.3 is 5.97 Å². The lowest BCUT2D eigenvalue weighted by Gasteiger charge is -2.08. The van der Waals surface area contributed by atoms with Crippen LogP contribution in [-0.2, 0) is 11.3 Å². The molecule has 8 nitrogen and oxygen atoms in total. The standard InChI is InChI=1S/C20H15N5O3/c1-11-3-13(14-7-22-18-5-15(6-21)23-25(18)8-14)4-16-17(12(2)26)9-24(20(11)16)10-19(27)28/h3-5,7-9H,10H2,1-2H3,(H,27,28). The summed E-state index contributed by atoms with van der Waals surface area (Å²) in [7, 11) is 0. The summed E-state index contributed by atoms with van der Waals surface area (Å²) < 4.78 is 3.12. The summed E-state index contributed by atoms with van der Waals surface area (Å²) in [5.41, 5.74) is 4.47. The van der Waals surface area contributed by atoms with Gasteiger partial charge in [0, 0.05) is 41.2 Å². The number of nitriles is 1. The fraction of sp³-hybridized carbons (Fsp3) is 0.150. The van der Waals surface area contributed by atoms with Gasteiger partial charge in [-0.1, -0.05) is 0 Å². The Kier molecular flexibility index (Phi) is 3.93. The number of hydrogen-bond donors (Lipinski definition) is 1. The molecular formula is C20H15N5O3. The predicted octanol–water partition coefficient (Wildman–Crippen LogP) is 2.82. The van der Waals surface area contributed by atoms with Crippen molar-refractivity contribution in [3.8, 4) is 17.2 Å². The smallest absolute Gasteiger partial charge is 0.323 e. The first-order valence-corrected chi connectivity index (χ1v) is 8.49. The summed E-state index contributed by atoms with van der Waals surface area (Å²) in [6, 6.07) is 7.36. The number of carbonyl (C=O) groups excluding carboxylic acids is 1. The van der Waals surface area contributed by atoms with Crippen LogP contribution in [0.15, 0.2) is 36.8 Å². The number of ketones is 1. The zero-order valence-electron chi connectivity index (χ0n) is 15.2. The van der Waals surface area contributed by atoms with Crippen molar-refractivity contribution in [3.05, 3.63) is 53.6 Å². The second kappa shape index (κ2) is 6.32. The molecule has 8 heteroatoms. The van der Waals surface area contributed by atoms with Gasteiger partial charge in [-0.3, -0.25) is 9.59 Å². The number of aryl methyl sites for hydroxylation is 1. The highest BCUT2D eigenvalue weighted by atomic mass is 16.4. The molecule has 4 rings (SSSR count). The van der Waals surface area contributed by atoms with Crippen molar-refractivity contribution in [3.63, 3.8) is 0 Å². The summed E-state index contributed by atoms with van der Waals surface area (Å²) in [5.74, 6) is -1.11. The maximum absolute atomic E-state index is 12.1. The minimum atomic E-state index is -0.975. The number of fused-ring (bicyclic) bond motifs is 2. The Morgan fingerprint density at radius 3 is 2.68 bits per heavy atom. The molecule has 0 bridgehead atoms. The molecule has 0 saturated heterocycles. The van der Waals surface area contributed by atoms with Crippen molar-refractivity contribution in [2.24, 2.45) is 0 Å². The lowest BCUT2D eigenvalue weighted by atomic mass is 10.0. The number of rotatable bonds is 4. The second-order valence-electron chi connectivity index (χ2n) is 6.60. The SMILES string of the molecule is CC(=O)c1cn(CC(=O)O)c2c(C)cc(-c3cnc4cc(C#N)nn4c3)cc12. The van der Waals surface area contributed by atoms with Crippen LogP contribution in [0.1, 0.15) is 28.5 Å². The first kappa shape index (κ1) is 17.4. The average molecular weight is 373 g/mol. The summed E-state index contributed by atoms with van der Waals surface area (Å²) in [6.45, 7) is 3.12. The molecule has 0 atom stereocenters. The summed E-state index contributed by atoms with van der Waals surface area (Å²) >= 11 is 0. The molecule has 0 saturated carbocycles. The molecule has 0 aliphatic heterocycles. The number of benzene rings is 1. The van der Waals surface area contributed by atoms with Crippen LogP contribution in [0.25, 0.3) is 27.7 Å². The van der Waals surface area contributed by atoms with Crippen LogP contribution < -0.4 is 0 Å². The normalized spacial score (nSPS) is 11.0. The van der Waals surface area contributed by atoms with Crippen LogP contribution in [-0.4, -0.2) is 36.0 Å². The maximum atomic E-state index is 12.1. The molecule has 1 N–H and O–H groups in total. The van der Waals surface area contributed by atoms with Gasteiger partial charge in [-0.25, -0.2) is 9.50 Å². The monoisotopic (exact) mass is 373 g/mol. The molecule has 0 radical (unpaired) electrons. The van der Waals surface area contributed by atoms with Crippen molar-refractivity contribution < 1.29 is 14.7 Å². The fourth-order valence-corrected chi connectivity index (χ4v) is 3.45. The highest BCUT2D eigenvalue weighted by Gasteiger charge is 2.17. The quantitative estimate of drug-likeness (QED) is 0.550. The number of aromatic nitrogens is 4. The second-order valence-corrected chi connectivity index (χ2v) is 6.60. The largest absolute Gasteiger partial charge is 0.480 e. The molecule has 0 aliphatic carbocycles. The van der Waals surface area contributed by atoms with Crippen LogP contribution >= 0.6 is 0 Å². The van der Waals surface area contributed by atoms with Crippen LogP contribution in [0, 0.1) is 18.3 Å². The Bertz CT molecular complexity index is 1320.